The predicted molar refractivity (Wildman–Crippen MR) is 46.9 cm³/mol. The zero-order valence-electron chi connectivity index (χ0n) is 6.96. The summed E-state index contributed by atoms with van der Waals surface area (Å²) in [7, 11) is 3.61. The lowest BCUT2D eigenvalue weighted by atomic mass is 10.1. The van der Waals surface area contributed by atoms with E-state index < -0.39 is 0 Å². The van der Waals surface area contributed by atoms with Gasteiger partial charge in [-0.05, 0) is 13.0 Å². The van der Waals surface area contributed by atoms with Crippen LogP contribution in [0.25, 0.3) is 0 Å². The first-order chi connectivity index (χ1) is 4.72. The molecule has 0 spiro atoms. The van der Waals surface area contributed by atoms with Gasteiger partial charge in [-0.1, -0.05) is 0 Å². The molecular weight excluding hydrogens is 164 g/mol. The van der Waals surface area contributed by atoms with Crippen LogP contribution in [-0.2, 0) is 4.79 Å². The first kappa shape index (κ1) is 10.7. The van der Waals surface area contributed by atoms with Gasteiger partial charge < -0.3 is 10.2 Å². The standard InChI is InChI=1S/C7H14N2O.ClH/c1-9(2)7(10)6-3-4-8-5-6;/h6,8H,3-5H2,1-2H3;1H/t6-;/m0./s1. The van der Waals surface area contributed by atoms with Crippen LogP contribution in [0.5, 0.6) is 0 Å². The summed E-state index contributed by atoms with van der Waals surface area (Å²) in [6.45, 7) is 1.85. The molecule has 0 bridgehead atoms. The van der Waals surface area contributed by atoms with Crippen molar-refractivity contribution in [3.8, 4) is 0 Å². The first-order valence-corrected chi connectivity index (χ1v) is 3.63. The Kier molecular flexibility index (Phi) is 4.45. The normalized spacial score (nSPS) is 22.5. The molecule has 0 saturated carbocycles. The van der Waals surface area contributed by atoms with Crippen LogP contribution in [0.4, 0.5) is 0 Å². The third-order valence-corrected chi connectivity index (χ3v) is 1.85. The minimum atomic E-state index is 0. The van der Waals surface area contributed by atoms with Crippen molar-refractivity contribution < 1.29 is 4.79 Å². The molecule has 0 unspecified atom stereocenters. The second-order valence-corrected chi connectivity index (χ2v) is 2.92. The molecule has 1 heterocycles. The summed E-state index contributed by atoms with van der Waals surface area (Å²) >= 11 is 0. The maximum Gasteiger partial charge on any atom is 0.226 e. The Bertz CT molecular complexity index is 132. The lowest BCUT2D eigenvalue weighted by molar-refractivity contribution is -0.132. The summed E-state index contributed by atoms with van der Waals surface area (Å²) in [5, 5.41) is 3.16. The van der Waals surface area contributed by atoms with E-state index in [1.54, 1.807) is 19.0 Å². The molecule has 66 valence electrons. The highest BCUT2D eigenvalue weighted by Crippen LogP contribution is 2.09. The summed E-state index contributed by atoms with van der Waals surface area (Å²) in [4.78, 5) is 12.9. The van der Waals surface area contributed by atoms with Crippen LogP contribution < -0.4 is 5.32 Å². The largest absolute Gasteiger partial charge is 0.349 e. The van der Waals surface area contributed by atoms with E-state index in [-0.39, 0.29) is 24.2 Å². The number of nitrogens with zero attached hydrogens (tertiary/aromatic N) is 1. The average Bonchev–Trinajstić information content (AvgIpc) is 2.36. The van der Waals surface area contributed by atoms with Gasteiger partial charge in [0.25, 0.3) is 0 Å². The van der Waals surface area contributed by atoms with Gasteiger partial charge in [-0.15, -0.1) is 12.4 Å². The van der Waals surface area contributed by atoms with Crippen molar-refractivity contribution in [2.24, 2.45) is 5.92 Å². The van der Waals surface area contributed by atoms with Crippen molar-refractivity contribution >= 4 is 18.3 Å². The number of halogens is 1. The molecule has 1 N–H and O–H groups in total. The molecule has 0 aromatic carbocycles. The van der Waals surface area contributed by atoms with Gasteiger partial charge in [0.1, 0.15) is 0 Å². The van der Waals surface area contributed by atoms with E-state index in [1.165, 1.54) is 0 Å². The Hall–Kier alpha value is -0.280. The van der Waals surface area contributed by atoms with Gasteiger partial charge in [0.05, 0.1) is 5.92 Å². The van der Waals surface area contributed by atoms with Crippen LogP contribution >= 0.6 is 12.4 Å². The number of amides is 1. The number of hydrogen-bond acceptors (Lipinski definition) is 2. The van der Waals surface area contributed by atoms with E-state index >= 15 is 0 Å². The topological polar surface area (TPSA) is 32.3 Å². The highest BCUT2D eigenvalue weighted by atomic mass is 35.5. The summed E-state index contributed by atoms with van der Waals surface area (Å²) in [6.07, 6.45) is 0.997. The lowest BCUT2D eigenvalue weighted by Gasteiger charge is -2.14. The van der Waals surface area contributed by atoms with Crippen LogP contribution in [-0.4, -0.2) is 38.0 Å². The molecule has 1 aliphatic heterocycles. The molecule has 0 aromatic heterocycles. The van der Waals surface area contributed by atoms with Crippen LogP contribution in [0, 0.1) is 5.92 Å². The van der Waals surface area contributed by atoms with Gasteiger partial charge in [0.2, 0.25) is 5.91 Å². The molecule has 4 heteroatoms. The van der Waals surface area contributed by atoms with Crippen LogP contribution in [0.2, 0.25) is 0 Å². The lowest BCUT2D eigenvalue weighted by Crippen LogP contribution is -2.30. The van der Waals surface area contributed by atoms with Crippen LogP contribution in [0.15, 0.2) is 0 Å². The zero-order chi connectivity index (χ0) is 7.56. The minimum absolute atomic E-state index is 0. The van der Waals surface area contributed by atoms with Gasteiger partial charge in [-0.25, -0.2) is 0 Å². The van der Waals surface area contributed by atoms with E-state index in [0.717, 1.165) is 19.5 Å². The molecule has 0 aliphatic carbocycles. The third kappa shape index (κ3) is 2.67. The number of carbonyl (C=O) groups excluding carboxylic acids is 1. The smallest absolute Gasteiger partial charge is 0.226 e. The number of carbonyl (C=O) groups is 1. The van der Waals surface area contributed by atoms with Crippen molar-refractivity contribution in [2.75, 3.05) is 27.2 Å². The van der Waals surface area contributed by atoms with E-state index in [1.807, 2.05) is 0 Å². The molecule has 1 atom stereocenters. The van der Waals surface area contributed by atoms with E-state index in [0.29, 0.717) is 0 Å². The van der Waals surface area contributed by atoms with Crippen molar-refractivity contribution in [1.82, 2.24) is 10.2 Å². The Morgan fingerprint density at radius 2 is 2.18 bits per heavy atom. The maximum atomic E-state index is 11.2. The van der Waals surface area contributed by atoms with Crippen molar-refractivity contribution in [3.05, 3.63) is 0 Å². The summed E-state index contributed by atoms with van der Waals surface area (Å²) in [5.74, 6) is 0.486. The quantitative estimate of drug-likeness (QED) is 0.618. The predicted octanol–water partition coefficient (Wildman–Crippen LogP) is 0.106. The molecule has 1 saturated heterocycles. The monoisotopic (exact) mass is 178 g/mol. The fourth-order valence-corrected chi connectivity index (χ4v) is 1.23. The van der Waals surface area contributed by atoms with Gasteiger partial charge in [0.15, 0.2) is 0 Å². The third-order valence-electron chi connectivity index (χ3n) is 1.85. The molecule has 1 aliphatic rings. The van der Waals surface area contributed by atoms with Crippen molar-refractivity contribution in [2.45, 2.75) is 6.42 Å². The molecule has 11 heavy (non-hydrogen) atoms. The molecule has 0 aromatic rings. The molecule has 3 nitrogen and oxygen atoms in total. The highest BCUT2D eigenvalue weighted by Gasteiger charge is 2.23. The van der Waals surface area contributed by atoms with Gasteiger partial charge in [-0.2, -0.15) is 0 Å². The zero-order valence-corrected chi connectivity index (χ0v) is 7.78. The Balaban J connectivity index is 0.000001000. The average molecular weight is 179 g/mol. The second kappa shape index (κ2) is 4.57. The highest BCUT2D eigenvalue weighted by molar-refractivity contribution is 5.85. The van der Waals surface area contributed by atoms with E-state index in [9.17, 15) is 4.79 Å². The van der Waals surface area contributed by atoms with Crippen molar-refractivity contribution in [3.63, 3.8) is 0 Å². The first-order valence-electron chi connectivity index (χ1n) is 3.63. The van der Waals surface area contributed by atoms with Gasteiger partial charge >= 0.3 is 0 Å². The summed E-state index contributed by atoms with van der Waals surface area (Å²) in [6, 6.07) is 0. The van der Waals surface area contributed by atoms with E-state index in [2.05, 4.69) is 5.32 Å². The van der Waals surface area contributed by atoms with Crippen molar-refractivity contribution in [1.29, 1.82) is 0 Å². The molecular formula is C7H15ClN2O. The summed E-state index contributed by atoms with van der Waals surface area (Å²) in [5.41, 5.74) is 0. The number of rotatable bonds is 1. The molecule has 1 fully saturated rings. The Morgan fingerprint density at radius 3 is 2.55 bits per heavy atom. The van der Waals surface area contributed by atoms with Gasteiger partial charge in [0, 0.05) is 20.6 Å². The molecule has 1 rings (SSSR count). The minimum Gasteiger partial charge on any atom is -0.349 e. The summed E-state index contributed by atoms with van der Waals surface area (Å²) < 4.78 is 0. The number of hydrogen-bond donors (Lipinski definition) is 1. The molecule has 1 amide bonds. The maximum absolute atomic E-state index is 11.2. The van der Waals surface area contributed by atoms with Gasteiger partial charge in [-0.3, -0.25) is 4.79 Å². The molecule has 0 radical (unpaired) electrons. The SMILES string of the molecule is CN(C)C(=O)[C@H]1CCNC1.Cl. The van der Waals surface area contributed by atoms with Crippen LogP contribution in [0.1, 0.15) is 6.42 Å². The number of nitrogens with one attached hydrogen (secondary N) is 1. The Morgan fingerprint density at radius 1 is 1.55 bits per heavy atom. The van der Waals surface area contributed by atoms with Crippen LogP contribution in [0.3, 0.4) is 0 Å². The second-order valence-electron chi connectivity index (χ2n) is 2.92. The fourth-order valence-electron chi connectivity index (χ4n) is 1.23. The fraction of sp³-hybridized carbons (Fsp3) is 0.857. The Labute approximate surface area is 73.5 Å². The van der Waals surface area contributed by atoms with E-state index in [4.69, 9.17) is 0 Å².